The van der Waals surface area contributed by atoms with Crippen molar-refractivity contribution in [2.45, 2.75) is 12.7 Å². The SMILES string of the molecule is NC(=O)c1sc2nc(C(F)(F)F)cc(-c3ccco3)c2c1NC(=O)Cn1cc(Cl)cn1. The van der Waals surface area contributed by atoms with Gasteiger partial charge in [0.2, 0.25) is 5.91 Å². The number of thiophene rings is 1. The molecule has 0 spiro atoms. The molecule has 4 heterocycles. The molecule has 0 aliphatic carbocycles. The number of primary amides is 1. The van der Waals surface area contributed by atoms with Crippen LogP contribution in [0.5, 0.6) is 0 Å². The third kappa shape index (κ3) is 4.11. The quantitative estimate of drug-likeness (QED) is 0.455. The first-order valence-electron chi connectivity index (χ1n) is 8.49. The van der Waals surface area contributed by atoms with Gasteiger partial charge in [0.15, 0.2) is 0 Å². The monoisotopic (exact) mass is 469 g/mol. The zero-order valence-corrected chi connectivity index (χ0v) is 16.8. The smallest absolute Gasteiger partial charge is 0.433 e. The molecular weight excluding hydrogens is 459 g/mol. The van der Waals surface area contributed by atoms with Gasteiger partial charge in [-0.25, -0.2) is 4.98 Å². The van der Waals surface area contributed by atoms with Crippen LogP contribution in [0.4, 0.5) is 18.9 Å². The van der Waals surface area contributed by atoms with E-state index >= 15 is 0 Å². The molecule has 2 amide bonds. The molecule has 8 nitrogen and oxygen atoms in total. The van der Waals surface area contributed by atoms with Gasteiger partial charge in [-0.05, 0) is 18.2 Å². The standard InChI is InChI=1S/C18H11ClF3N5O3S/c19-8-5-24-27(6-8)7-12(28)26-14-13-9(10-2-1-3-30-10)4-11(18(20,21)22)25-17(13)31-15(14)16(23)29/h1-6H,7H2,(H2,23,29)(H,26,28). The fourth-order valence-corrected chi connectivity index (χ4v) is 4.08. The van der Waals surface area contributed by atoms with Gasteiger partial charge >= 0.3 is 6.18 Å². The predicted molar refractivity (Wildman–Crippen MR) is 107 cm³/mol. The molecule has 0 saturated heterocycles. The molecule has 0 aliphatic heterocycles. The maximum absolute atomic E-state index is 13.4. The molecule has 13 heteroatoms. The summed E-state index contributed by atoms with van der Waals surface area (Å²) >= 11 is 6.42. The molecule has 160 valence electrons. The lowest BCUT2D eigenvalue weighted by atomic mass is 10.1. The first-order chi connectivity index (χ1) is 14.6. The van der Waals surface area contributed by atoms with E-state index in [4.69, 9.17) is 21.8 Å². The molecule has 0 aromatic carbocycles. The van der Waals surface area contributed by atoms with Crippen LogP contribution in [0.3, 0.4) is 0 Å². The Kier molecular flexibility index (Phi) is 5.19. The third-order valence-corrected chi connectivity index (χ3v) is 5.43. The van der Waals surface area contributed by atoms with Gasteiger partial charge in [-0.1, -0.05) is 11.6 Å². The fourth-order valence-electron chi connectivity index (χ4n) is 2.91. The van der Waals surface area contributed by atoms with Crippen molar-refractivity contribution in [3.63, 3.8) is 0 Å². The van der Waals surface area contributed by atoms with Gasteiger partial charge in [0.05, 0.1) is 23.2 Å². The highest BCUT2D eigenvalue weighted by molar-refractivity contribution is 7.21. The molecule has 0 aliphatic rings. The second kappa shape index (κ2) is 7.71. The second-order valence-electron chi connectivity index (χ2n) is 6.29. The molecule has 4 aromatic rings. The number of fused-ring (bicyclic) bond motifs is 1. The van der Waals surface area contributed by atoms with E-state index in [-0.39, 0.29) is 38.6 Å². The molecule has 4 rings (SSSR count). The molecule has 31 heavy (non-hydrogen) atoms. The molecule has 4 aromatic heterocycles. The average molecular weight is 470 g/mol. The van der Waals surface area contributed by atoms with E-state index in [1.165, 1.54) is 35.5 Å². The number of anilines is 1. The third-order valence-electron chi connectivity index (χ3n) is 4.13. The molecule has 0 fully saturated rings. The number of furan rings is 1. The highest BCUT2D eigenvalue weighted by Gasteiger charge is 2.35. The largest absolute Gasteiger partial charge is 0.464 e. The summed E-state index contributed by atoms with van der Waals surface area (Å²) in [6, 6.07) is 3.74. The zero-order valence-electron chi connectivity index (χ0n) is 15.2. The highest BCUT2D eigenvalue weighted by atomic mass is 35.5. The number of halogens is 4. The Hall–Kier alpha value is -3.38. The summed E-state index contributed by atoms with van der Waals surface area (Å²) < 4.78 is 46.7. The van der Waals surface area contributed by atoms with Gasteiger partial charge in [0, 0.05) is 17.1 Å². The van der Waals surface area contributed by atoms with E-state index in [2.05, 4.69) is 15.4 Å². The molecule has 0 saturated carbocycles. The van der Waals surface area contributed by atoms with Crippen molar-refractivity contribution in [2.75, 3.05) is 5.32 Å². The van der Waals surface area contributed by atoms with Crippen LogP contribution < -0.4 is 11.1 Å². The lowest BCUT2D eigenvalue weighted by Crippen LogP contribution is -2.21. The Labute approximate surface area is 180 Å². The number of amides is 2. The van der Waals surface area contributed by atoms with Crippen molar-refractivity contribution in [3.05, 3.63) is 52.4 Å². The average Bonchev–Trinajstić information content (AvgIpc) is 3.41. The highest BCUT2D eigenvalue weighted by Crippen LogP contribution is 2.43. The molecule has 0 radical (unpaired) electrons. The molecular formula is C18H11ClF3N5O3S. The Balaban J connectivity index is 1.87. The normalized spacial score (nSPS) is 11.7. The van der Waals surface area contributed by atoms with Crippen molar-refractivity contribution in [2.24, 2.45) is 5.73 Å². The summed E-state index contributed by atoms with van der Waals surface area (Å²) in [6.07, 6.45) is -0.709. The molecule has 0 atom stereocenters. The minimum atomic E-state index is -4.74. The van der Waals surface area contributed by atoms with Crippen molar-refractivity contribution < 1.29 is 27.2 Å². The van der Waals surface area contributed by atoms with Crippen LogP contribution >= 0.6 is 22.9 Å². The maximum Gasteiger partial charge on any atom is 0.433 e. The Morgan fingerprint density at radius 1 is 1.35 bits per heavy atom. The number of rotatable bonds is 5. The van der Waals surface area contributed by atoms with Crippen LogP contribution in [-0.4, -0.2) is 26.6 Å². The van der Waals surface area contributed by atoms with Crippen LogP contribution in [0.15, 0.2) is 41.3 Å². The number of nitrogens with zero attached hydrogens (tertiary/aromatic N) is 3. The molecule has 3 N–H and O–H groups in total. The zero-order chi connectivity index (χ0) is 22.3. The van der Waals surface area contributed by atoms with Crippen molar-refractivity contribution in [1.82, 2.24) is 14.8 Å². The number of nitrogens with one attached hydrogen (secondary N) is 1. The van der Waals surface area contributed by atoms with Gasteiger partial charge in [-0.3, -0.25) is 14.3 Å². The Bertz CT molecular complexity index is 1300. The van der Waals surface area contributed by atoms with Crippen LogP contribution in [-0.2, 0) is 17.5 Å². The van der Waals surface area contributed by atoms with Crippen LogP contribution in [0.25, 0.3) is 21.5 Å². The molecule has 0 bridgehead atoms. The summed E-state index contributed by atoms with van der Waals surface area (Å²) in [7, 11) is 0. The lowest BCUT2D eigenvalue weighted by molar-refractivity contribution is -0.140. The van der Waals surface area contributed by atoms with Crippen LogP contribution in [0, 0.1) is 0 Å². The summed E-state index contributed by atoms with van der Waals surface area (Å²) in [4.78, 5) is 27.9. The number of aromatic nitrogens is 3. The number of alkyl halides is 3. The van der Waals surface area contributed by atoms with Crippen molar-refractivity contribution >= 4 is 50.7 Å². The summed E-state index contributed by atoms with van der Waals surface area (Å²) in [6.45, 7) is -0.258. The lowest BCUT2D eigenvalue weighted by Gasteiger charge is -2.11. The van der Waals surface area contributed by atoms with E-state index in [0.717, 1.165) is 6.07 Å². The van der Waals surface area contributed by atoms with E-state index in [9.17, 15) is 22.8 Å². The van der Waals surface area contributed by atoms with Gasteiger partial charge in [0.25, 0.3) is 5.91 Å². The van der Waals surface area contributed by atoms with Gasteiger partial charge in [0.1, 0.15) is 27.7 Å². The van der Waals surface area contributed by atoms with E-state index < -0.39 is 23.7 Å². The van der Waals surface area contributed by atoms with E-state index in [0.29, 0.717) is 16.4 Å². The minimum Gasteiger partial charge on any atom is -0.464 e. The number of carbonyl (C=O) groups excluding carboxylic acids is 2. The minimum absolute atomic E-state index is 0.00325. The van der Waals surface area contributed by atoms with Gasteiger partial charge < -0.3 is 15.5 Å². The maximum atomic E-state index is 13.4. The number of hydrogen-bond donors (Lipinski definition) is 2. The number of nitrogens with two attached hydrogens (primary N) is 1. The predicted octanol–water partition coefficient (Wildman–Crippen LogP) is 4.16. The first kappa shape index (κ1) is 20.9. The van der Waals surface area contributed by atoms with E-state index in [1.807, 2.05) is 0 Å². The Morgan fingerprint density at radius 2 is 2.13 bits per heavy atom. The summed E-state index contributed by atoms with van der Waals surface area (Å²) in [5, 5.41) is 6.84. The fraction of sp³-hybridized carbons (Fsp3) is 0.111. The Morgan fingerprint density at radius 3 is 2.71 bits per heavy atom. The van der Waals surface area contributed by atoms with Crippen molar-refractivity contribution in [1.29, 1.82) is 0 Å². The number of carbonyl (C=O) groups is 2. The number of hydrogen-bond acceptors (Lipinski definition) is 6. The van der Waals surface area contributed by atoms with Gasteiger partial charge in [-0.2, -0.15) is 18.3 Å². The topological polar surface area (TPSA) is 116 Å². The second-order valence-corrected chi connectivity index (χ2v) is 7.72. The number of pyridine rings is 1. The summed E-state index contributed by atoms with van der Waals surface area (Å²) in [5.74, 6) is -1.44. The van der Waals surface area contributed by atoms with Crippen LogP contribution in [0.2, 0.25) is 5.02 Å². The van der Waals surface area contributed by atoms with Crippen LogP contribution in [0.1, 0.15) is 15.4 Å². The molecule has 0 unspecified atom stereocenters. The van der Waals surface area contributed by atoms with Crippen molar-refractivity contribution in [3.8, 4) is 11.3 Å². The van der Waals surface area contributed by atoms with E-state index in [1.54, 1.807) is 0 Å². The van der Waals surface area contributed by atoms with Gasteiger partial charge in [-0.15, -0.1) is 11.3 Å². The summed E-state index contributed by atoms with van der Waals surface area (Å²) in [5.41, 5.74) is 4.19. The first-order valence-corrected chi connectivity index (χ1v) is 9.69.